The third kappa shape index (κ3) is 3.26. The average Bonchev–Trinajstić information content (AvgIpc) is 2.82. The number of carbonyl (C=O) groups is 1. The van der Waals surface area contributed by atoms with Crippen molar-refractivity contribution in [1.29, 1.82) is 0 Å². The number of nitrogens with one attached hydrogen (secondary N) is 1. The van der Waals surface area contributed by atoms with Crippen molar-refractivity contribution in [1.82, 2.24) is 14.9 Å². The zero-order valence-electron chi connectivity index (χ0n) is 12.9. The second-order valence-corrected chi connectivity index (χ2v) is 5.97. The molecule has 2 aromatic rings. The molecular weight excluding hydrogens is 302 g/mol. The van der Waals surface area contributed by atoms with Gasteiger partial charge in [-0.1, -0.05) is 19.6 Å². The van der Waals surface area contributed by atoms with E-state index in [1.807, 2.05) is 18.9 Å². The van der Waals surface area contributed by atoms with E-state index in [9.17, 15) is 9.59 Å². The van der Waals surface area contributed by atoms with Gasteiger partial charge in [0.1, 0.15) is 22.1 Å². The summed E-state index contributed by atoms with van der Waals surface area (Å²) in [5.41, 5.74) is 0.388. The predicted octanol–water partition coefficient (Wildman–Crippen LogP) is 2.09. The molecule has 0 aliphatic heterocycles. The van der Waals surface area contributed by atoms with Gasteiger partial charge < -0.3 is 9.72 Å². The third-order valence-corrected chi connectivity index (χ3v) is 4.49. The van der Waals surface area contributed by atoms with Crippen LogP contribution in [0, 0.1) is 6.92 Å². The summed E-state index contributed by atoms with van der Waals surface area (Å²) in [7, 11) is 1.95. The van der Waals surface area contributed by atoms with Gasteiger partial charge in [0.15, 0.2) is 0 Å². The highest BCUT2D eigenvalue weighted by atomic mass is 32.1. The molecule has 118 valence electrons. The van der Waals surface area contributed by atoms with Crippen molar-refractivity contribution in [2.24, 2.45) is 0 Å². The summed E-state index contributed by atoms with van der Waals surface area (Å²) in [6.07, 6.45) is 1.50. The molecule has 6 nitrogen and oxygen atoms in total. The Kier molecular flexibility index (Phi) is 5.10. The number of esters is 1. The molecule has 1 N–H and O–H groups in total. The quantitative estimate of drug-likeness (QED) is 0.651. The first-order chi connectivity index (χ1) is 10.5. The van der Waals surface area contributed by atoms with Crippen molar-refractivity contribution in [3.63, 3.8) is 0 Å². The molecule has 0 aliphatic rings. The van der Waals surface area contributed by atoms with E-state index >= 15 is 0 Å². The first-order valence-corrected chi connectivity index (χ1v) is 7.78. The topological polar surface area (TPSA) is 75.3 Å². The number of ether oxygens (including phenoxy) is 1. The molecule has 2 rings (SSSR count). The van der Waals surface area contributed by atoms with Gasteiger partial charge in [0, 0.05) is 0 Å². The fraction of sp³-hybridized carbons (Fsp3) is 0.400. The molecule has 0 radical (unpaired) electrons. The van der Waals surface area contributed by atoms with Gasteiger partial charge in [-0.05, 0) is 26.1 Å². The van der Waals surface area contributed by atoms with Crippen LogP contribution < -0.4 is 5.56 Å². The van der Waals surface area contributed by atoms with Crippen molar-refractivity contribution in [2.45, 2.75) is 20.4 Å². The maximum atomic E-state index is 12.3. The molecule has 7 heteroatoms. The summed E-state index contributed by atoms with van der Waals surface area (Å²) >= 11 is 1.19. The van der Waals surface area contributed by atoms with E-state index in [-0.39, 0.29) is 12.2 Å². The Morgan fingerprint density at radius 2 is 2.27 bits per heavy atom. The first-order valence-electron chi connectivity index (χ1n) is 6.96. The monoisotopic (exact) mass is 321 g/mol. The van der Waals surface area contributed by atoms with Crippen LogP contribution >= 0.6 is 11.3 Å². The van der Waals surface area contributed by atoms with Crippen molar-refractivity contribution < 1.29 is 9.53 Å². The average molecular weight is 321 g/mol. The SMILES string of the molecule is C=CCOC(=O)c1sc2nc(CN(C)CC)[nH]c(=O)c2c1C. The number of H-pyrrole nitrogens is 1. The minimum absolute atomic E-state index is 0.142. The number of aromatic nitrogens is 2. The molecule has 0 amide bonds. The molecule has 0 saturated heterocycles. The van der Waals surface area contributed by atoms with Gasteiger partial charge in [-0.3, -0.25) is 9.69 Å². The number of aryl methyl sites for hydroxylation is 1. The Balaban J connectivity index is 2.45. The van der Waals surface area contributed by atoms with Crippen LogP contribution in [0.4, 0.5) is 0 Å². The van der Waals surface area contributed by atoms with Crippen molar-refractivity contribution >= 4 is 27.5 Å². The fourth-order valence-electron chi connectivity index (χ4n) is 2.03. The molecule has 0 bridgehead atoms. The smallest absolute Gasteiger partial charge is 0.348 e. The number of hydrogen-bond acceptors (Lipinski definition) is 6. The zero-order valence-corrected chi connectivity index (χ0v) is 13.7. The van der Waals surface area contributed by atoms with Crippen molar-refractivity contribution in [2.75, 3.05) is 20.2 Å². The molecule has 0 aliphatic carbocycles. The third-order valence-electron chi connectivity index (χ3n) is 3.33. The highest BCUT2D eigenvalue weighted by Gasteiger charge is 2.20. The second kappa shape index (κ2) is 6.85. The summed E-state index contributed by atoms with van der Waals surface area (Å²) in [5.74, 6) is 0.140. The van der Waals surface area contributed by atoms with Crippen molar-refractivity contribution in [3.8, 4) is 0 Å². The lowest BCUT2D eigenvalue weighted by atomic mass is 10.2. The van der Waals surface area contributed by atoms with E-state index in [0.29, 0.717) is 33.0 Å². The maximum Gasteiger partial charge on any atom is 0.348 e. The molecule has 0 fully saturated rings. The number of aromatic amines is 1. The van der Waals surface area contributed by atoms with E-state index in [0.717, 1.165) is 6.54 Å². The Morgan fingerprint density at radius 1 is 1.55 bits per heavy atom. The van der Waals surface area contributed by atoms with Gasteiger partial charge in [0.05, 0.1) is 11.9 Å². The van der Waals surface area contributed by atoms with Crippen LogP contribution in [0.2, 0.25) is 0 Å². The summed E-state index contributed by atoms with van der Waals surface area (Å²) in [6, 6.07) is 0. The van der Waals surface area contributed by atoms with Gasteiger partial charge in [-0.2, -0.15) is 0 Å². The molecule has 0 unspecified atom stereocenters. The van der Waals surface area contributed by atoms with Gasteiger partial charge >= 0.3 is 5.97 Å². The van der Waals surface area contributed by atoms with Gasteiger partial charge in [0.25, 0.3) is 5.56 Å². The highest BCUT2D eigenvalue weighted by Crippen LogP contribution is 2.27. The lowest BCUT2D eigenvalue weighted by Crippen LogP contribution is -2.21. The number of nitrogens with zero attached hydrogens (tertiary/aromatic N) is 2. The zero-order chi connectivity index (χ0) is 16.3. The molecular formula is C15H19N3O3S. The normalized spacial score (nSPS) is 11.1. The lowest BCUT2D eigenvalue weighted by molar-refractivity contribution is 0.0555. The van der Waals surface area contributed by atoms with E-state index in [1.165, 1.54) is 17.4 Å². The van der Waals surface area contributed by atoms with Gasteiger partial charge in [-0.25, -0.2) is 9.78 Å². The standard InChI is InChI=1S/C15H19N3O3S/c1-5-7-21-15(20)12-9(3)11-13(19)16-10(8-18(4)6-2)17-14(11)22-12/h5H,1,6-8H2,2-4H3,(H,16,17,19). The highest BCUT2D eigenvalue weighted by molar-refractivity contribution is 7.20. The number of hydrogen-bond donors (Lipinski definition) is 1. The van der Waals surface area contributed by atoms with E-state index in [4.69, 9.17) is 4.74 Å². The van der Waals surface area contributed by atoms with Crippen LogP contribution in [0.25, 0.3) is 10.2 Å². The molecule has 0 atom stereocenters. The number of carbonyl (C=O) groups excluding carboxylic acids is 1. The van der Waals surface area contributed by atoms with E-state index in [1.54, 1.807) is 6.92 Å². The molecule has 0 spiro atoms. The molecule has 0 saturated carbocycles. The van der Waals surface area contributed by atoms with Crippen LogP contribution in [-0.4, -0.2) is 41.0 Å². The summed E-state index contributed by atoms with van der Waals surface area (Å²) in [6.45, 7) is 8.81. The van der Waals surface area contributed by atoms with Crippen LogP contribution in [0.1, 0.15) is 28.0 Å². The summed E-state index contributed by atoms with van der Waals surface area (Å²) < 4.78 is 5.04. The van der Waals surface area contributed by atoms with Crippen LogP contribution in [0.5, 0.6) is 0 Å². The fourth-order valence-corrected chi connectivity index (χ4v) is 3.12. The minimum atomic E-state index is -0.452. The Morgan fingerprint density at radius 3 is 2.91 bits per heavy atom. The van der Waals surface area contributed by atoms with Gasteiger partial charge in [-0.15, -0.1) is 11.3 Å². The molecule has 2 aromatic heterocycles. The summed E-state index contributed by atoms with van der Waals surface area (Å²) in [5, 5.41) is 0.457. The van der Waals surface area contributed by atoms with E-state index in [2.05, 4.69) is 16.5 Å². The van der Waals surface area contributed by atoms with Crippen LogP contribution in [0.3, 0.4) is 0 Å². The van der Waals surface area contributed by atoms with Crippen LogP contribution in [-0.2, 0) is 11.3 Å². The second-order valence-electron chi connectivity index (χ2n) is 4.97. The molecule has 0 aromatic carbocycles. The maximum absolute atomic E-state index is 12.3. The van der Waals surface area contributed by atoms with Crippen LogP contribution in [0.15, 0.2) is 17.4 Å². The number of rotatable bonds is 6. The van der Waals surface area contributed by atoms with Crippen molar-refractivity contribution in [3.05, 3.63) is 39.3 Å². The minimum Gasteiger partial charge on any atom is -0.457 e. The van der Waals surface area contributed by atoms with E-state index < -0.39 is 5.97 Å². The summed E-state index contributed by atoms with van der Waals surface area (Å²) in [4.78, 5) is 34.5. The van der Waals surface area contributed by atoms with Gasteiger partial charge in [0.2, 0.25) is 0 Å². The Labute approximate surface area is 132 Å². The Hall–Kier alpha value is -1.99. The first kappa shape index (κ1) is 16.4. The number of fused-ring (bicyclic) bond motifs is 1. The predicted molar refractivity (Wildman–Crippen MR) is 87.5 cm³/mol. The molecule has 2 heterocycles. The largest absolute Gasteiger partial charge is 0.457 e. The molecule has 22 heavy (non-hydrogen) atoms. The Bertz CT molecular complexity index is 763. The number of thiophene rings is 1. The lowest BCUT2D eigenvalue weighted by Gasteiger charge is -2.12.